The fraction of sp³-hybridized carbons (Fsp3) is 0.538. The summed E-state index contributed by atoms with van der Waals surface area (Å²) in [6, 6.07) is 3.58. The molecule has 3 aliphatic heterocycles. The third kappa shape index (κ3) is 3.72. The van der Waals surface area contributed by atoms with Crippen LogP contribution in [0.1, 0.15) is 65.8 Å². The molecule has 2 saturated heterocycles. The van der Waals surface area contributed by atoms with Crippen molar-refractivity contribution in [2.45, 2.75) is 57.8 Å². The molecule has 1 aromatic rings. The normalized spacial score (nSPS) is 24.0. The number of β-amino-alcohol motifs (C(OH)–C–C–N with tert-alkyl or cyclic N) is 1. The van der Waals surface area contributed by atoms with Gasteiger partial charge in [-0.05, 0) is 62.3 Å². The zero-order valence-electron chi connectivity index (χ0n) is 19.5. The SMILES string of the molecule is C=C1CCC(N2CCOC3(CCN(C[C@H](O)c4ccc5c(c4C)COC5=O)CC3)C2=O)=C1C. The number of nitrogens with zero attached hydrogens (tertiary/aromatic N) is 2. The quantitative estimate of drug-likeness (QED) is 0.708. The summed E-state index contributed by atoms with van der Waals surface area (Å²) in [6.07, 6.45) is 2.37. The number of likely N-dealkylation sites (tertiary alicyclic amines) is 1. The van der Waals surface area contributed by atoms with E-state index in [9.17, 15) is 14.7 Å². The van der Waals surface area contributed by atoms with Gasteiger partial charge in [0, 0.05) is 37.4 Å². The number of benzene rings is 1. The first-order chi connectivity index (χ1) is 15.8. The Hall–Kier alpha value is -2.48. The summed E-state index contributed by atoms with van der Waals surface area (Å²) in [6.45, 7) is 11.4. The van der Waals surface area contributed by atoms with Crippen LogP contribution in [0.4, 0.5) is 0 Å². The Morgan fingerprint density at radius 2 is 1.91 bits per heavy atom. The van der Waals surface area contributed by atoms with Gasteiger partial charge in [-0.3, -0.25) is 4.79 Å². The van der Waals surface area contributed by atoms with Crippen molar-refractivity contribution in [1.29, 1.82) is 0 Å². The monoisotopic (exact) mass is 452 g/mol. The minimum Gasteiger partial charge on any atom is -0.457 e. The molecule has 5 rings (SSSR count). The highest BCUT2D eigenvalue weighted by Crippen LogP contribution is 2.38. The van der Waals surface area contributed by atoms with Gasteiger partial charge in [0.15, 0.2) is 0 Å². The van der Waals surface area contributed by atoms with Gasteiger partial charge in [-0.2, -0.15) is 0 Å². The minimum atomic E-state index is -0.766. The Labute approximate surface area is 194 Å². The molecule has 1 atom stereocenters. The second-order valence-corrected chi connectivity index (χ2v) is 9.67. The minimum absolute atomic E-state index is 0.0807. The molecule has 176 valence electrons. The number of carbonyl (C=O) groups excluding carboxylic acids is 2. The highest BCUT2D eigenvalue weighted by molar-refractivity contribution is 5.94. The number of esters is 1. The molecule has 2 fully saturated rings. The Morgan fingerprint density at radius 1 is 1.15 bits per heavy atom. The first-order valence-electron chi connectivity index (χ1n) is 11.8. The van der Waals surface area contributed by atoms with E-state index < -0.39 is 11.7 Å². The van der Waals surface area contributed by atoms with Gasteiger partial charge in [-0.25, -0.2) is 4.79 Å². The number of carbonyl (C=O) groups is 2. The summed E-state index contributed by atoms with van der Waals surface area (Å²) in [7, 11) is 0. The van der Waals surface area contributed by atoms with Crippen LogP contribution < -0.4 is 0 Å². The van der Waals surface area contributed by atoms with Crippen molar-refractivity contribution >= 4 is 11.9 Å². The summed E-state index contributed by atoms with van der Waals surface area (Å²) in [5.41, 5.74) is 5.83. The van der Waals surface area contributed by atoms with Crippen LogP contribution in [0.2, 0.25) is 0 Å². The smallest absolute Gasteiger partial charge is 0.338 e. The number of rotatable bonds is 4. The summed E-state index contributed by atoms with van der Waals surface area (Å²) in [5.74, 6) is -0.216. The molecule has 1 spiro atoms. The Balaban J connectivity index is 1.24. The molecule has 7 nitrogen and oxygen atoms in total. The van der Waals surface area contributed by atoms with Crippen LogP contribution >= 0.6 is 0 Å². The molecular formula is C26H32N2O5. The number of aliphatic hydroxyl groups excluding tert-OH is 1. The Bertz CT molecular complexity index is 1050. The van der Waals surface area contributed by atoms with Gasteiger partial charge in [-0.1, -0.05) is 18.2 Å². The molecule has 7 heteroatoms. The van der Waals surface area contributed by atoms with Gasteiger partial charge in [0.25, 0.3) is 5.91 Å². The summed E-state index contributed by atoms with van der Waals surface area (Å²) in [4.78, 5) is 29.4. The zero-order valence-corrected chi connectivity index (χ0v) is 19.5. The van der Waals surface area contributed by atoms with E-state index in [1.165, 1.54) is 0 Å². The van der Waals surface area contributed by atoms with Crippen LogP contribution in [0.25, 0.3) is 0 Å². The first kappa shape index (κ1) is 22.3. The van der Waals surface area contributed by atoms with E-state index in [2.05, 4.69) is 18.4 Å². The number of amides is 1. The third-order valence-corrected chi connectivity index (χ3v) is 7.94. The van der Waals surface area contributed by atoms with Gasteiger partial charge < -0.3 is 24.4 Å². The van der Waals surface area contributed by atoms with Crippen LogP contribution in [-0.2, 0) is 20.9 Å². The number of piperidine rings is 1. The van der Waals surface area contributed by atoms with Crippen LogP contribution in [0.3, 0.4) is 0 Å². The van der Waals surface area contributed by atoms with Crippen molar-refractivity contribution in [1.82, 2.24) is 9.80 Å². The predicted octanol–water partition coefficient (Wildman–Crippen LogP) is 3.02. The van der Waals surface area contributed by atoms with Gasteiger partial charge in [0.05, 0.1) is 18.3 Å². The lowest BCUT2D eigenvalue weighted by atomic mass is 9.87. The average Bonchev–Trinajstić information content (AvgIpc) is 3.35. The van der Waals surface area contributed by atoms with Crippen LogP contribution in [-0.4, -0.2) is 65.2 Å². The molecule has 0 saturated carbocycles. The first-order valence-corrected chi connectivity index (χ1v) is 11.8. The maximum Gasteiger partial charge on any atom is 0.338 e. The highest BCUT2D eigenvalue weighted by atomic mass is 16.5. The molecule has 4 aliphatic rings. The second-order valence-electron chi connectivity index (χ2n) is 9.67. The van der Waals surface area contributed by atoms with E-state index >= 15 is 0 Å². The van der Waals surface area contributed by atoms with Crippen molar-refractivity contribution in [3.63, 3.8) is 0 Å². The maximum atomic E-state index is 13.5. The van der Waals surface area contributed by atoms with Crippen molar-refractivity contribution in [2.24, 2.45) is 0 Å². The van der Waals surface area contributed by atoms with Crippen LogP contribution in [0, 0.1) is 6.92 Å². The predicted molar refractivity (Wildman–Crippen MR) is 122 cm³/mol. The molecule has 3 heterocycles. The number of aliphatic hydroxyl groups is 1. The second kappa shape index (κ2) is 8.38. The summed E-state index contributed by atoms with van der Waals surface area (Å²) in [5, 5.41) is 11.0. The molecule has 1 amide bonds. The van der Waals surface area contributed by atoms with E-state index in [0.29, 0.717) is 51.2 Å². The molecule has 1 aliphatic carbocycles. The Kier molecular flexibility index (Phi) is 5.67. The number of hydrogen-bond donors (Lipinski definition) is 1. The average molecular weight is 453 g/mol. The van der Waals surface area contributed by atoms with Crippen molar-refractivity contribution in [3.8, 4) is 0 Å². The fourth-order valence-corrected chi connectivity index (χ4v) is 5.71. The number of fused-ring (bicyclic) bond motifs is 1. The molecule has 33 heavy (non-hydrogen) atoms. The lowest BCUT2D eigenvalue weighted by Gasteiger charge is -2.46. The van der Waals surface area contributed by atoms with E-state index in [-0.39, 0.29) is 18.5 Å². The molecule has 0 aromatic heterocycles. The Morgan fingerprint density at radius 3 is 2.61 bits per heavy atom. The van der Waals surface area contributed by atoms with E-state index in [4.69, 9.17) is 9.47 Å². The molecule has 0 unspecified atom stereocenters. The summed E-state index contributed by atoms with van der Waals surface area (Å²) < 4.78 is 11.2. The van der Waals surface area contributed by atoms with Crippen molar-refractivity contribution in [3.05, 3.63) is 57.8 Å². The lowest BCUT2D eigenvalue weighted by Crippen LogP contribution is -2.60. The largest absolute Gasteiger partial charge is 0.457 e. The number of ether oxygens (including phenoxy) is 2. The van der Waals surface area contributed by atoms with Crippen LogP contribution in [0.5, 0.6) is 0 Å². The van der Waals surface area contributed by atoms with Crippen LogP contribution in [0.15, 0.2) is 35.6 Å². The molecule has 1 N–H and O–H groups in total. The van der Waals surface area contributed by atoms with E-state index in [1.807, 2.05) is 17.9 Å². The lowest BCUT2D eigenvalue weighted by molar-refractivity contribution is -0.177. The van der Waals surface area contributed by atoms with Crippen molar-refractivity contribution in [2.75, 3.05) is 32.8 Å². The van der Waals surface area contributed by atoms with Gasteiger partial charge in [0.2, 0.25) is 0 Å². The molecule has 0 bridgehead atoms. The van der Waals surface area contributed by atoms with Gasteiger partial charge in [-0.15, -0.1) is 0 Å². The zero-order chi connectivity index (χ0) is 23.3. The van der Waals surface area contributed by atoms with Gasteiger partial charge >= 0.3 is 5.97 Å². The summed E-state index contributed by atoms with van der Waals surface area (Å²) >= 11 is 0. The molecule has 1 aromatic carbocycles. The van der Waals surface area contributed by atoms with Crippen molar-refractivity contribution < 1.29 is 24.2 Å². The van der Waals surface area contributed by atoms with Gasteiger partial charge in [0.1, 0.15) is 12.2 Å². The molecule has 0 radical (unpaired) electrons. The standard InChI is InChI=1S/C26H32N2O5/c1-16-4-7-22(17(16)2)28-12-13-33-26(25(28)31)8-10-27(11-9-26)14-23(29)19-5-6-20-21(18(19)3)15-32-24(20)30/h5-6,23,29H,1,4,7-15H2,2-3H3/t23-/m0/s1. The van der Waals surface area contributed by atoms with E-state index in [1.54, 1.807) is 6.07 Å². The fourth-order valence-electron chi connectivity index (χ4n) is 5.71. The highest BCUT2D eigenvalue weighted by Gasteiger charge is 2.48. The number of cyclic esters (lactones) is 1. The number of morpholine rings is 1. The number of hydrogen-bond acceptors (Lipinski definition) is 6. The third-order valence-electron chi connectivity index (χ3n) is 7.94. The maximum absolute atomic E-state index is 13.5. The number of allylic oxidation sites excluding steroid dienone is 3. The van der Waals surface area contributed by atoms with E-state index in [0.717, 1.165) is 46.4 Å². The topological polar surface area (TPSA) is 79.3 Å². The molecular weight excluding hydrogens is 420 g/mol.